The highest BCUT2D eigenvalue weighted by Gasteiger charge is 2.31. The van der Waals surface area contributed by atoms with E-state index in [1.807, 2.05) is 10.6 Å². The number of benzene rings is 1. The first-order chi connectivity index (χ1) is 16.8. The van der Waals surface area contributed by atoms with Gasteiger partial charge in [0.1, 0.15) is 28.7 Å². The fourth-order valence-electron chi connectivity index (χ4n) is 4.58. The van der Waals surface area contributed by atoms with Crippen molar-refractivity contribution in [1.82, 2.24) is 19.4 Å². The van der Waals surface area contributed by atoms with E-state index in [0.29, 0.717) is 17.4 Å². The molecule has 0 unspecified atom stereocenters. The Morgan fingerprint density at radius 1 is 1.03 bits per heavy atom. The van der Waals surface area contributed by atoms with Crippen LogP contribution in [0.2, 0.25) is 0 Å². The summed E-state index contributed by atoms with van der Waals surface area (Å²) in [4.78, 5) is 25.6. The van der Waals surface area contributed by atoms with Crippen molar-refractivity contribution in [2.45, 2.75) is 44.2 Å². The van der Waals surface area contributed by atoms with E-state index >= 15 is 0 Å². The van der Waals surface area contributed by atoms with Crippen molar-refractivity contribution in [3.63, 3.8) is 0 Å². The second kappa shape index (κ2) is 9.01. The standard InChI is InChI=1S/C25H23F3N6O/c26-25(27,28)18-10-11-30-19(14-18)32-24(35)17-8-6-15(7-9-17)20-21-22(29)31-12-13-34(21)23(33-20)16-4-2-1-3-5-16/h6-14,16H,1-5H2,(H2,29,31)(H,30,32,35). The van der Waals surface area contributed by atoms with E-state index in [4.69, 9.17) is 10.7 Å². The molecule has 0 spiro atoms. The Labute approximate surface area is 199 Å². The molecular weight excluding hydrogens is 457 g/mol. The number of hydrogen-bond donors (Lipinski definition) is 2. The lowest BCUT2D eigenvalue weighted by molar-refractivity contribution is -0.137. The van der Waals surface area contributed by atoms with E-state index in [9.17, 15) is 18.0 Å². The van der Waals surface area contributed by atoms with Crippen LogP contribution in [0.15, 0.2) is 55.0 Å². The van der Waals surface area contributed by atoms with Crippen LogP contribution in [0, 0.1) is 0 Å². The number of carbonyl (C=O) groups is 1. The first kappa shape index (κ1) is 22.8. The summed E-state index contributed by atoms with van der Waals surface area (Å²) in [6.45, 7) is 0. The van der Waals surface area contributed by atoms with Gasteiger partial charge in [-0.15, -0.1) is 0 Å². The van der Waals surface area contributed by atoms with Gasteiger partial charge in [-0.05, 0) is 37.1 Å². The predicted octanol–water partition coefficient (Wildman–Crippen LogP) is 5.69. The molecule has 1 saturated carbocycles. The van der Waals surface area contributed by atoms with Crippen molar-refractivity contribution in [3.8, 4) is 11.3 Å². The third-order valence-corrected chi connectivity index (χ3v) is 6.33. The number of pyridine rings is 1. The lowest BCUT2D eigenvalue weighted by atomic mass is 9.89. The number of anilines is 2. The zero-order valence-electron chi connectivity index (χ0n) is 18.7. The minimum atomic E-state index is -4.52. The zero-order chi connectivity index (χ0) is 24.6. The Morgan fingerprint density at radius 2 is 1.77 bits per heavy atom. The molecule has 180 valence electrons. The average molecular weight is 480 g/mol. The van der Waals surface area contributed by atoms with Crippen LogP contribution in [0.4, 0.5) is 24.8 Å². The maximum atomic E-state index is 12.9. The van der Waals surface area contributed by atoms with Crippen molar-refractivity contribution in [2.24, 2.45) is 0 Å². The third kappa shape index (κ3) is 4.55. The Bertz CT molecular complexity index is 1370. The molecule has 0 radical (unpaired) electrons. The molecule has 10 heteroatoms. The number of alkyl halides is 3. The lowest BCUT2D eigenvalue weighted by Crippen LogP contribution is -2.14. The monoisotopic (exact) mass is 480 g/mol. The second-order valence-electron chi connectivity index (χ2n) is 8.64. The summed E-state index contributed by atoms with van der Waals surface area (Å²) in [6.07, 6.45) is 5.73. The first-order valence-electron chi connectivity index (χ1n) is 11.4. The van der Waals surface area contributed by atoms with Gasteiger partial charge in [-0.2, -0.15) is 13.2 Å². The molecule has 0 bridgehead atoms. The zero-order valence-corrected chi connectivity index (χ0v) is 18.7. The molecule has 3 N–H and O–H groups in total. The van der Waals surface area contributed by atoms with Gasteiger partial charge in [0.25, 0.3) is 5.91 Å². The van der Waals surface area contributed by atoms with Crippen molar-refractivity contribution >= 4 is 23.1 Å². The molecule has 1 aromatic carbocycles. The molecule has 7 nitrogen and oxygen atoms in total. The normalized spacial score (nSPS) is 14.8. The Kier molecular flexibility index (Phi) is 5.88. The van der Waals surface area contributed by atoms with Crippen LogP contribution in [0.5, 0.6) is 0 Å². The van der Waals surface area contributed by atoms with Gasteiger partial charge in [-0.1, -0.05) is 31.4 Å². The van der Waals surface area contributed by atoms with Crippen LogP contribution < -0.4 is 11.1 Å². The number of aromatic nitrogens is 4. The summed E-state index contributed by atoms with van der Waals surface area (Å²) in [5.74, 6) is 0.930. The van der Waals surface area contributed by atoms with E-state index in [-0.39, 0.29) is 11.4 Å². The summed E-state index contributed by atoms with van der Waals surface area (Å²) in [5.41, 5.74) is 7.78. The lowest BCUT2D eigenvalue weighted by Gasteiger charge is -2.20. The highest BCUT2D eigenvalue weighted by Crippen LogP contribution is 2.36. The summed E-state index contributed by atoms with van der Waals surface area (Å²) in [5, 5.41) is 2.42. The number of carbonyl (C=O) groups excluding carboxylic acids is 1. The number of rotatable bonds is 4. The maximum absolute atomic E-state index is 12.9. The minimum Gasteiger partial charge on any atom is -0.382 e. The van der Waals surface area contributed by atoms with E-state index in [0.717, 1.165) is 48.1 Å². The number of halogens is 3. The molecule has 35 heavy (non-hydrogen) atoms. The van der Waals surface area contributed by atoms with Gasteiger partial charge in [-0.3, -0.25) is 9.20 Å². The number of fused-ring (bicyclic) bond motifs is 1. The van der Waals surface area contributed by atoms with Crippen LogP contribution in [-0.2, 0) is 6.18 Å². The van der Waals surface area contributed by atoms with Crippen LogP contribution in [0.1, 0.15) is 59.8 Å². The summed E-state index contributed by atoms with van der Waals surface area (Å²) < 4.78 is 40.8. The number of nitrogens with zero attached hydrogens (tertiary/aromatic N) is 4. The molecule has 3 aromatic heterocycles. The Morgan fingerprint density at radius 3 is 2.49 bits per heavy atom. The largest absolute Gasteiger partial charge is 0.416 e. The fraction of sp³-hybridized carbons (Fsp3) is 0.280. The minimum absolute atomic E-state index is 0.176. The topological polar surface area (TPSA) is 98.2 Å². The number of amides is 1. The van der Waals surface area contributed by atoms with Gasteiger partial charge >= 0.3 is 6.18 Å². The van der Waals surface area contributed by atoms with Crippen LogP contribution >= 0.6 is 0 Å². The molecule has 0 aliphatic heterocycles. The molecule has 3 heterocycles. The van der Waals surface area contributed by atoms with Gasteiger partial charge in [0.2, 0.25) is 0 Å². The Balaban J connectivity index is 1.43. The molecule has 0 atom stereocenters. The van der Waals surface area contributed by atoms with Gasteiger partial charge < -0.3 is 11.1 Å². The molecule has 1 aliphatic rings. The summed E-state index contributed by atoms with van der Waals surface area (Å²) in [7, 11) is 0. The summed E-state index contributed by atoms with van der Waals surface area (Å²) in [6, 6.07) is 8.32. The number of nitrogens with two attached hydrogens (primary N) is 1. The van der Waals surface area contributed by atoms with Gasteiger partial charge in [0.15, 0.2) is 0 Å². The highest BCUT2D eigenvalue weighted by molar-refractivity contribution is 6.04. The molecule has 1 fully saturated rings. The number of hydrogen-bond acceptors (Lipinski definition) is 5. The van der Waals surface area contributed by atoms with Crippen LogP contribution in [0.3, 0.4) is 0 Å². The highest BCUT2D eigenvalue weighted by atomic mass is 19.4. The van der Waals surface area contributed by atoms with E-state index < -0.39 is 17.6 Å². The molecule has 4 aromatic rings. The predicted molar refractivity (Wildman–Crippen MR) is 126 cm³/mol. The van der Waals surface area contributed by atoms with Gasteiger partial charge in [0, 0.05) is 35.6 Å². The molecule has 0 saturated heterocycles. The van der Waals surface area contributed by atoms with Crippen molar-refractivity contribution in [3.05, 3.63) is 71.9 Å². The molecule has 5 rings (SSSR count). The quantitative estimate of drug-likeness (QED) is 0.391. The SMILES string of the molecule is Nc1nccn2c(C3CCCCC3)nc(-c3ccc(C(=O)Nc4cc(C(F)(F)F)ccn4)cc3)c12. The number of nitrogen functional groups attached to an aromatic ring is 1. The van der Waals surface area contributed by atoms with Crippen LogP contribution in [0.25, 0.3) is 16.8 Å². The van der Waals surface area contributed by atoms with Crippen LogP contribution in [-0.4, -0.2) is 25.3 Å². The molecular formula is C25H23F3N6O. The van der Waals surface area contributed by atoms with Gasteiger partial charge in [0.05, 0.1) is 5.56 Å². The second-order valence-corrected chi connectivity index (χ2v) is 8.64. The van der Waals surface area contributed by atoms with E-state index in [1.54, 1.807) is 30.5 Å². The number of imidazole rings is 1. The molecule has 1 aliphatic carbocycles. The first-order valence-corrected chi connectivity index (χ1v) is 11.4. The number of nitrogens with one attached hydrogen (secondary N) is 1. The van der Waals surface area contributed by atoms with E-state index in [1.165, 1.54) is 19.3 Å². The third-order valence-electron chi connectivity index (χ3n) is 6.33. The maximum Gasteiger partial charge on any atom is 0.416 e. The average Bonchev–Trinajstić information content (AvgIpc) is 3.25. The van der Waals surface area contributed by atoms with Crippen molar-refractivity contribution < 1.29 is 18.0 Å². The van der Waals surface area contributed by atoms with Gasteiger partial charge in [-0.25, -0.2) is 15.0 Å². The van der Waals surface area contributed by atoms with Crippen molar-refractivity contribution in [2.75, 3.05) is 11.1 Å². The van der Waals surface area contributed by atoms with Crippen molar-refractivity contribution in [1.29, 1.82) is 0 Å². The summed E-state index contributed by atoms with van der Waals surface area (Å²) >= 11 is 0. The van der Waals surface area contributed by atoms with E-state index in [2.05, 4.69) is 15.3 Å². The fourth-order valence-corrected chi connectivity index (χ4v) is 4.58. The Hall–Kier alpha value is -3.95. The smallest absolute Gasteiger partial charge is 0.382 e. The molecule has 1 amide bonds.